The zero-order valence-corrected chi connectivity index (χ0v) is 12.5. The first-order valence-electron chi connectivity index (χ1n) is 5.48. The van der Waals surface area contributed by atoms with Crippen LogP contribution in [-0.2, 0) is 4.79 Å². The lowest BCUT2D eigenvalue weighted by Crippen LogP contribution is -2.42. The molecule has 4 nitrogen and oxygen atoms in total. The van der Waals surface area contributed by atoms with Gasteiger partial charge >= 0.3 is 5.97 Å². The van der Waals surface area contributed by atoms with Crippen LogP contribution in [0.3, 0.4) is 0 Å². The summed E-state index contributed by atoms with van der Waals surface area (Å²) in [6, 6.07) is 4.36. The minimum Gasteiger partial charge on any atom is -0.480 e. The number of carbonyl (C=O) groups is 2. The first kappa shape index (κ1) is 13.5. The van der Waals surface area contributed by atoms with E-state index >= 15 is 0 Å². The van der Waals surface area contributed by atoms with Crippen molar-refractivity contribution in [2.24, 2.45) is 5.92 Å². The lowest BCUT2D eigenvalue weighted by Gasteiger charge is -2.14. The topological polar surface area (TPSA) is 66.4 Å². The minimum absolute atomic E-state index is 0.0701. The van der Waals surface area contributed by atoms with Crippen molar-refractivity contribution in [3.63, 3.8) is 0 Å². The van der Waals surface area contributed by atoms with Crippen LogP contribution in [0.2, 0.25) is 0 Å². The zero-order valence-electron chi connectivity index (χ0n) is 9.32. The molecule has 0 aromatic heterocycles. The Balaban J connectivity index is 2.13. The lowest BCUT2D eigenvalue weighted by molar-refractivity contribution is -0.139. The molecule has 1 aliphatic rings. The Kier molecular flexibility index (Phi) is 4.07. The molecule has 1 unspecified atom stereocenters. The van der Waals surface area contributed by atoms with E-state index in [1.54, 1.807) is 18.2 Å². The van der Waals surface area contributed by atoms with Crippen molar-refractivity contribution in [3.8, 4) is 0 Å². The fraction of sp³-hybridized carbons (Fsp3) is 0.333. The largest absolute Gasteiger partial charge is 0.480 e. The molecule has 1 aliphatic carbocycles. The van der Waals surface area contributed by atoms with Crippen molar-refractivity contribution in [2.45, 2.75) is 18.9 Å². The van der Waals surface area contributed by atoms with Crippen LogP contribution in [0.1, 0.15) is 23.2 Å². The summed E-state index contributed by atoms with van der Waals surface area (Å²) in [5.41, 5.74) is 0.435. The molecular formula is C12H11Br2NO3. The van der Waals surface area contributed by atoms with Gasteiger partial charge < -0.3 is 10.4 Å². The van der Waals surface area contributed by atoms with Crippen LogP contribution in [-0.4, -0.2) is 23.0 Å². The van der Waals surface area contributed by atoms with E-state index < -0.39 is 12.0 Å². The second kappa shape index (κ2) is 5.40. The molecule has 1 saturated carbocycles. The SMILES string of the molecule is O=C(NC(C(=O)O)C1CC1)c1ccc(Br)cc1Br. The quantitative estimate of drug-likeness (QED) is 0.849. The molecule has 1 amide bonds. The third kappa shape index (κ3) is 3.11. The van der Waals surface area contributed by atoms with Gasteiger partial charge in [0, 0.05) is 8.95 Å². The second-order valence-corrected chi connectivity index (χ2v) is 6.02. The number of benzene rings is 1. The van der Waals surface area contributed by atoms with Crippen LogP contribution >= 0.6 is 31.9 Å². The van der Waals surface area contributed by atoms with Gasteiger partial charge in [-0.15, -0.1) is 0 Å². The Labute approximate surface area is 121 Å². The van der Waals surface area contributed by atoms with Crippen molar-refractivity contribution >= 4 is 43.7 Å². The van der Waals surface area contributed by atoms with Crippen molar-refractivity contribution in [3.05, 3.63) is 32.7 Å². The lowest BCUT2D eigenvalue weighted by atomic mass is 10.1. The fourth-order valence-electron chi connectivity index (χ4n) is 1.70. The van der Waals surface area contributed by atoms with Crippen LogP contribution < -0.4 is 5.32 Å². The molecule has 0 saturated heterocycles. The number of carbonyl (C=O) groups excluding carboxylic acids is 1. The molecule has 96 valence electrons. The Morgan fingerprint density at radius 2 is 2.00 bits per heavy atom. The van der Waals surface area contributed by atoms with Gasteiger partial charge in [0.05, 0.1) is 5.56 Å². The van der Waals surface area contributed by atoms with Crippen molar-refractivity contribution in [1.82, 2.24) is 5.32 Å². The standard InChI is InChI=1S/C12H11Br2NO3/c13-7-3-4-8(9(14)5-7)11(16)15-10(12(17)18)6-1-2-6/h3-6,10H,1-2H2,(H,15,16)(H,17,18). The highest BCUT2D eigenvalue weighted by Gasteiger charge is 2.37. The summed E-state index contributed by atoms with van der Waals surface area (Å²) in [6.07, 6.45) is 1.72. The van der Waals surface area contributed by atoms with E-state index in [1.165, 1.54) is 0 Å². The molecule has 1 aromatic carbocycles. The zero-order chi connectivity index (χ0) is 13.3. The maximum absolute atomic E-state index is 12.0. The second-order valence-electron chi connectivity index (χ2n) is 4.25. The van der Waals surface area contributed by atoms with Crippen LogP contribution in [0.4, 0.5) is 0 Å². The Hall–Kier alpha value is -0.880. The first-order chi connectivity index (χ1) is 8.49. The van der Waals surface area contributed by atoms with Crippen molar-refractivity contribution < 1.29 is 14.7 Å². The van der Waals surface area contributed by atoms with Crippen LogP contribution in [0, 0.1) is 5.92 Å². The molecule has 6 heteroatoms. The van der Waals surface area contributed by atoms with Gasteiger partial charge in [0.1, 0.15) is 6.04 Å². The van der Waals surface area contributed by atoms with Gasteiger partial charge in [-0.3, -0.25) is 4.79 Å². The summed E-state index contributed by atoms with van der Waals surface area (Å²) < 4.78 is 1.48. The molecule has 0 radical (unpaired) electrons. The number of rotatable bonds is 4. The number of carboxylic acids is 1. The average Bonchev–Trinajstić information content (AvgIpc) is 3.08. The molecule has 18 heavy (non-hydrogen) atoms. The normalized spacial score (nSPS) is 16.1. The van der Waals surface area contributed by atoms with Gasteiger partial charge in [0.15, 0.2) is 0 Å². The number of hydrogen-bond donors (Lipinski definition) is 2. The molecule has 2 rings (SSSR count). The van der Waals surface area contributed by atoms with E-state index in [0.717, 1.165) is 17.3 Å². The van der Waals surface area contributed by atoms with Gasteiger partial charge in [0.2, 0.25) is 0 Å². The van der Waals surface area contributed by atoms with Gasteiger partial charge in [-0.05, 0) is 52.9 Å². The third-order valence-electron chi connectivity index (χ3n) is 2.82. The predicted molar refractivity (Wildman–Crippen MR) is 73.5 cm³/mol. The summed E-state index contributed by atoms with van der Waals surface area (Å²) in [4.78, 5) is 23.1. The summed E-state index contributed by atoms with van der Waals surface area (Å²) >= 11 is 6.59. The molecule has 1 atom stereocenters. The third-order valence-corrected chi connectivity index (χ3v) is 3.97. The Bertz CT molecular complexity index is 500. The first-order valence-corrected chi connectivity index (χ1v) is 7.06. The molecular weight excluding hydrogens is 366 g/mol. The summed E-state index contributed by atoms with van der Waals surface area (Å²) in [7, 11) is 0. The fourth-order valence-corrected chi connectivity index (χ4v) is 2.93. The van der Waals surface area contributed by atoms with Crippen molar-refractivity contribution in [2.75, 3.05) is 0 Å². The number of hydrogen-bond acceptors (Lipinski definition) is 2. The van der Waals surface area contributed by atoms with E-state index in [1.807, 2.05) is 0 Å². The van der Waals surface area contributed by atoms with Crippen molar-refractivity contribution in [1.29, 1.82) is 0 Å². The van der Waals surface area contributed by atoms with E-state index in [2.05, 4.69) is 37.2 Å². The molecule has 0 heterocycles. The molecule has 0 bridgehead atoms. The molecule has 2 N–H and O–H groups in total. The molecule has 0 spiro atoms. The summed E-state index contributed by atoms with van der Waals surface area (Å²) in [6.45, 7) is 0. The van der Waals surface area contributed by atoms with Gasteiger partial charge in [-0.25, -0.2) is 4.79 Å². The van der Waals surface area contributed by atoms with Crippen LogP contribution in [0.5, 0.6) is 0 Å². The molecule has 0 aliphatic heterocycles. The minimum atomic E-state index is -0.973. The predicted octanol–water partition coefficient (Wildman–Crippen LogP) is 2.80. The smallest absolute Gasteiger partial charge is 0.326 e. The van der Waals surface area contributed by atoms with Gasteiger partial charge in [-0.2, -0.15) is 0 Å². The number of carboxylic acid groups (broad SMARTS) is 1. The highest BCUT2D eigenvalue weighted by molar-refractivity contribution is 9.11. The Morgan fingerprint density at radius 3 is 2.50 bits per heavy atom. The van der Waals surface area contributed by atoms with Gasteiger partial charge in [0.25, 0.3) is 5.91 Å². The van der Waals surface area contributed by atoms with E-state index in [4.69, 9.17) is 5.11 Å². The maximum atomic E-state index is 12.0. The van der Waals surface area contributed by atoms with Crippen LogP contribution in [0.25, 0.3) is 0 Å². The van der Waals surface area contributed by atoms with E-state index in [0.29, 0.717) is 10.0 Å². The summed E-state index contributed by atoms with van der Waals surface area (Å²) in [5.74, 6) is -1.27. The number of aliphatic carboxylic acids is 1. The highest BCUT2D eigenvalue weighted by Crippen LogP contribution is 2.33. The highest BCUT2D eigenvalue weighted by atomic mass is 79.9. The van der Waals surface area contributed by atoms with E-state index in [-0.39, 0.29) is 11.8 Å². The van der Waals surface area contributed by atoms with Gasteiger partial charge in [-0.1, -0.05) is 15.9 Å². The number of amides is 1. The maximum Gasteiger partial charge on any atom is 0.326 e. The van der Waals surface area contributed by atoms with E-state index in [9.17, 15) is 9.59 Å². The summed E-state index contributed by atoms with van der Waals surface area (Å²) in [5, 5.41) is 11.6. The number of nitrogens with one attached hydrogen (secondary N) is 1. The monoisotopic (exact) mass is 375 g/mol. The molecule has 1 fully saturated rings. The van der Waals surface area contributed by atoms with Crippen LogP contribution in [0.15, 0.2) is 27.1 Å². The average molecular weight is 377 g/mol. The molecule has 1 aromatic rings. The Morgan fingerprint density at radius 1 is 1.33 bits per heavy atom. The number of halogens is 2.